The first-order valence-electron chi connectivity index (χ1n) is 5.21. The first-order chi connectivity index (χ1) is 6.93. The fraction of sp³-hybridized carbons (Fsp3) is 0.583. The van der Waals surface area contributed by atoms with E-state index in [1.807, 2.05) is 27.7 Å². The van der Waals surface area contributed by atoms with Crippen molar-refractivity contribution in [1.82, 2.24) is 4.98 Å². The van der Waals surface area contributed by atoms with Gasteiger partial charge in [0.05, 0.1) is 0 Å². The maximum atomic E-state index is 12.5. The summed E-state index contributed by atoms with van der Waals surface area (Å²) in [6.07, 6.45) is -0.898. The predicted molar refractivity (Wildman–Crippen MR) is 57.4 cm³/mol. The minimum Gasteiger partial charge on any atom is -0.255 e. The molecule has 0 fully saturated rings. The van der Waals surface area contributed by atoms with E-state index >= 15 is 0 Å². The molecule has 3 heteroatoms. The molecule has 1 aromatic heterocycles. The number of rotatable bonds is 3. The van der Waals surface area contributed by atoms with Gasteiger partial charge in [-0.3, -0.25) is 4.98 Å². The van der Waals surface area contributed by atoms with Gasteiger partial charge in [0.2, 0.25) is 0 Å². The summed E-state index contributed by atoms with van der Waals surface area (Å²) in [5.74, 6) is 0.574. The molecule has 1 aromatic rings. The Balaban J connectivity index is 3.21. The van der Waals surface area contributed by atoms with Crippen molar-refractivity contribution in [3.63, 3.8) is 0 Å². The first-order valence-corrected chi connectivity index (χ1v) is 5.21. The third kappa shape index (κ3) is 2.74. The summed E-state index contributed by atoms with van der Waals surface area (Å²) in [6, 6.07) is 1.53. The minimum absolute atomic E-state index is 0.122. The molecule has 0 amide bonds. The smallest absolute Gasteiger partial charge is 0.255 e. The Bertz CT molecular complexity index is 332. The fourth-order valence-electron chi connectivity index (χ4n) is 1.60. The average molecular weight is 213 g/mol. The zero-order valence-corrected chi connectivity index (χ0v) is 9.59. The van der Waals surface area contributed by atoms with E-state index in [4.69, 9.17) is 0 Å². The summed E-state index contributed by atoms with van der Waals surface area (Å²) in [5.41, 5.74) is 1.92. The highest BCUT2D eigenvalue weighted by Crippen LogP contribution is 2.28. The van der Waals surface area contributed by atoms with Gasteiger partial charge >= 0.3 is 0 Å². The van der Waals surface area contributed by atoms with Crippen LogP contribution in [-0.2, 0) is 0 Å². The molecule has 84 valence electrons. The Kier molecular flexibility index (Phi) is 3.77. The van der Waals surface area contributed by atoms with Crippen molar-refractivity contribution < 1.29 is 8.78 Å². The van der Waals surface area contributed by atoms with Gasteiger partial charge in [-0.15, -0.1) is 0 Å². The van der Waals surface area contributed by atoms with E-state index in [9.17, 15) is 8.78 Å². The molecule has 0 saturated heterocycles. The molecular weight excluding hydrogens is 196 g/mol. The first kappa shape index (κ1) is 12.1. The van der Waals surface area contributed by atoms with E-state index in [-0.39, 0.29) is 11.6 Å². The van der Waals surface area contributed by atoms with Gasteiger partial charge in [0.1, 0.15) is 5.69 Å². The molecule has 1 heterocycles. The van der Waals surface area contributed by atoms with Crippen molar-refractivity contribution in [2.45, 2.75) is 46.0 Å². The highest BCUT2D eigenvalue weighted by Gasteiger charge is 2.15. The largest absolute Gasteiger partial charge is 0.280 e. The zero-order chi connectivity index (χ0) is 11.6. The van der Waals surface area contributed by atoms with Gasteiger partial charge in [0.15, 0.2) is 0 Å². The molecule has 0 aliphatic heterocycles. The highest BCUT2D eigenvalue weighted by atomic mass is 19.3. The molecule has 0 radical (unpaired) electrons. The molecule has 0 bridgehead atoms. The predicted octanol–water partition coefficient (Wildman–Crippen LogP) is 4.27. The number of alkyl halides is 2. The Morgan fingerprint density at radius 1 is 1.00 bits per heavy atom. The van der Waals surface area contributed by atoms with E-state index in [2.05, 4.69) is 4.98 Å². The fourth-order valence-corrected chi connectivity index (χ4v) is 1.60. The molecule has 0 atom stereocenters. The summed E-state index contributed by atoms with van der Waals surface area (Å²) in [4.78, 5) is 3.79. The number of hydrogen-bond donors (Lipinski definition) is 0. The Hall–Kier alpha value is -0.990. The van der Waals surface area contributed by atoms with Gasteiger partial charge in [0.25, 0.3) is 6.43 Å². The van der Waals surface area contributed by atoms with Crippen LogP contribution in [-0.4, -0.2) is 4.98 Å². The van der Waals surface area contributed by atoms with Crippen LogP contribution < -0.4 is 0 Å². The van der Waals surface area contributed by atoms with Crippen LogP contribution in [0.5, 0.6) is 0 Å². The van der Waals surface area contributed by atoms with E-state index < -0.39 is 6.43 Å². The minimum atomic E-state index is -2.48. The van der Waals surface area contributed by atoms with Crippen LogP contribution in [0.2, 0.25) is 0 Å². The molecule has 0 aliphatic carbocycles. The van der Waals surface area contributed by atoms with Crippen molar-refractivity contribution >= 4 is 0 Å². The van der Waals surface area contributed by atoms with Gasteiger partial charge < -0.3 is 0 Å². The van der Waals surface area contributed by atoms with Crippen molar-refractivity contribution in [2.75, 3.05) is 0 Å². The second-order valence-electron chi connectivity index (χ2n) is 4.35. The third-order valence-electron chi connectivity index (χ3n) is 2.46. The Labute approximate surface area is 89.5 Å². The van der Waals surface area contributed by atoms with Crippen molar-refractivity contribution in [3.8, 4) is 0 Å². The maximum Gasteiger partial charge on any atom is 0.280 e. The summed E-state index contributed by atoms with van der Waals surface area (Å²) in [6.45, 7) is 8.11. The number of pyridine rings is 1. The highest BCUT2D eigenvalue weighted by molar-refractivity contribution is 5.32. The van der Waals surface area contributed by atoms with Crippen molar-refractivity contribution in [1.29, 1.82) is 0 Å². The summed E-state index contributed by atoms with van der Waals surface area (Å²) >= 11 is 0. The van der Waals surface area contributed by atoms with Gasteiger partial charge in [0, 0.05) is 6.20 Å². The van der Waals surface area contributed by atoms with Crippen LogP contribution in [0, 0.1) is 0 Å². The molecule has 0 unspecified atom stereocenters. The van der Waals surface area contributed by atoms with Crippen LogP contribution in [0.1, 0.15) is 62.8 Å². The average Bonchev–Trinajstić information content (AvgIpc) is 2.16. The normalized spacial score (nSPS) is 11.8. The number of aromatic nitrogens is 1. The molecule has 0 N–H and O–H groups in total. The molecule has 0 spiro atoms. The second kappa shape index (κ2) is 4.69. The van der Waals surface area contributed by atoms with Crippen LogP contribution in [0.3, 0.4) is 0 Å². The van der Waals surface area contributed by atoms with Gasteiger partial charge in [-0.1, -0.05) is 27.7 Å². The van der Waals surface area contributed by atoms with E-state index in [1.54, 1.807) is 6.20 Å². The molecule has 1 nitrogen and oxygen atoms in total. The second-order valence-corrected chi connectivity index (χ2v) is 4.35. The Morgan fingerprint density at radius 3 is 1.93 bits per heavy atom. The topological polar surface area (TPSA) is 12.9 Å². The van der Waals surface area contributed by atoms with Crippen LogP contribution in [0.25, 0.3) is 0 Å². The Morgan fingerprint density at radius 2 is 1.53 bits per heavy atom. The number of nitrogens with zero attached hydrogens (tertiary/aromatic N) is 1. The van der Waals surface area contributed by atoms with Crippen LogP contribution in [0.15, 0.2) is 12.3 Å². The molecule has 0 saturated carbocycles. The quantitative estimate of drug-likeness (QED) is 0.730. The van der Waals surface area contributed by atoms with Crippen molar-refractivity contribution in [3.05, 3.63) is 29.1 Å². The van der Waals surface area contributed by atoms with Crippen LogP contribution >= 0.6 is 0 Å². The lowest BCUT2D eigenvalue weighted by molar-refractivity contribution is 0.146. The standard InChI is InChI=1S/C12H17F2N/c1-7(2)9-5-11(12(13)14)15-6-10(9)8(3)4/h5-8,12H,1-4H3. The van der Waals surface area contributed by atoms with E-state index in [0.29, 0.717) is 5.92 Å². The van der Waals surface area contributed by atoms with Crippen LogP contribution in [0.4, 0.5) is 8.78 Å². The molecule has 0 aromatic carbocycles. The SMILES string of the molecule is CC(C)c1cnc(C(F)F)cc1C(C)C. The van der Waals surface area contributed by atoms with Gasteiger partial charge in [-0.2, -0.15) is 0 Å². The summed E-state index contributed by atoms with van der Waals surface area (Å²) in [7, 11) is 0. The monoisotopic (exact) mass is 213 g/mol. The third-order valence-corrected chi connectivity index (χ3v) is 2.46. The summed E-state index contributed by atoms with van der Waals surface area (Å²) < 4.78 is 25.0. The van der Waals surface area contributed by atoms with E-state index in [1.165, 1.54) is 6.07 Å². The van der Waals surface area contributed by atoms with Gasteiger partial charge in [-0.25, -0.2) is 8.78 Å². The lowest BCUT2D eigenvalue weighted by Gasteiger charge is -2.16. The number of halogens is 2. The lowest BCUT2D eigenvalue weighted by Crippen LogP contribution is -2.02. The van der Waals surface area contributed by atoms with Gasteiger partial charge in [-0.05, 0) is 29.0 Å². The lowest BCUT2D eigenvalue weighted by atomic mass is 9.92. The number of hydrogen-bond acceptors (Lipinski definition) is 1. The molecule has 0 aliphatic rings. The molecule has 15 heavy (non-hydrogen) atoms. The summed E-state index contributed by atoms with van der Waals surface area (Å²) in [5, 5.41) is 0. The van der Waals surface area contributed by atoms with Crippen molar-refractivity contribution in [2.24, 2.45) is 0 Å². The van der Waals surface area contributed by atoms with E-state index in [0.717, 1.165) is 11.1 Å². The molecule has 1 rings (SSSR count). The zero-order valence-electron chi connectivity index (χ0n) is 9.59. The molecular formula is C12H17F2N. The maximum absolute atomic E-state index is 12.5.